The molecule has 0 spiro atoms. The molecule has 0 aliphatic rings. The van der Waals surface area contributed by atoms with E-state index >= 15 is 0 Å². The fourth-order valence-electron chi connectivity index (χ4n) is 0. The minimum atomic E-state index is -0.963. The maximum absolute atomic E-state index is 9.57. The molecule has 0 radical (unpaired) electrons. The molecule has 3 heteroatoms. The molecule has 0 aliphatic heterocycles. The molecule has 0 bridgehead atoms. The number of carboxylic acids is 1. The molecule has 3 nitrogen and oxygen atoms in total. The number of aliphatic carboxylic acids is 1. The van der Waals surface area contributed by atoms with Crippen LogP contribution in [0, 0.1) is 0 Å². The van der Waals surface area contributed by atoms with Gasteiger partial charge in [0, 0.05) is 0 Å². The molecule has 0 aromatic heterocycles. The Labute approximate surface area is 62.2 Å². The van der Waals surface area contributed by atoms with Crippen LogP contribution in [0.15, 0.2) is 0 Å². The Bertz CT molecular complexity index is 79.7. The molecule has 0 unspecified atom stereocenters. The van der Waals surface area contributed by atoms with E-state index in [0.717, 1.165) is 0 Å². The first-order valence-corrected chi connectivity index (χ1v) is 3.54. The molecule has 0 aromatic rings. The van der Waals surface area contributed by atoms with Crippen molar-refractivity contribution in [2.75, 3.05) is 0 Å². The average Bonchev–Trinajstić information content (AvgIpc) is 1.89. The molecular formula is C7H17NO2. The van der Waals surface area contributed by atoms with Crippen molar-refractivity contribution < 1.29 is 9.90 Å². The predicted octanol–water partition coefficient (Wildman–Crippen LogP) is 1.22. The standard InChI is InChI=1S/C4H10.C3H7NO2/c1-3-4-2;1-2(4)3(5)6/h3-4H2,1-2H3;2H,4H2,1H3,(H,5,6)/t;2-/m.0/s1. The van der Waals surface area contributed by atoms with Crippen LogP contribution in [-0.4, -0.2) is 17.1 Å². The normalized spacial score (nSPS) is 11.2. The van der Waals surface area contributed by atoms with E-state index in [-0.39, 0.29) is 0 Å². The fraction of sp³-hybridized carbons (Fsp3) is 0.857. The van der Waals surface area contributed by atoms with Crippen LogP contribution in [0.5, 0.6) is 0 Å². The van der Waals surface area contributed by atoms with Gasteiger partial charge in [-0.3, -0.25) is 4.79 Å². The number of hydrogen-bond acceptors (Lipinski definition) is 2. The topological polar surface area (TPSA) is 63.3 Å². The smallest absolute Gasteiger partial charge is 0.320 e. The van der Waals surface area contributed by atoms with E-state index in [1.54, 1.807) is 0 Å². The Morgan fingerprint density at radius 3 is 1.70 bits per heavy atom. The van der Waals surface area contributed by atoms with E-state index in [1.165, 1.54) is 19.8 Å². The largest absolute Gasteiger partial charge is 0.480 e. The molecule has 0 aromatic carbocycles. The van der Waals surface area contributed by atoms with Gasteiger partial charge in [0.1, 0.15) is 6.04 Å². The summed E-state index contributed by atoms with van der Waals surface area (Å²) in [4.78, 5) is 9.57. The second-order valence-corrected chi connectivity index (χ2v) is 2.13. The van der Waals surface area contributed by atoms with Crippen LogP contribution >= 0.6 is 0 Å². The molecule has 0 heterocycles. The molecule has 10 heavy (non-hydrogen) atoms. The third kappa shape index (κ3) is 15.7. The number of carbonyl (C=O) groups is 1. The molecule has 0 amide bonds. The van der Waals surface area contributed by atoms with Gasteiger partial charge in [0.05, 0.1) is 0 Å². The van der Waals surface area contributed by atoms with E-state index in [9.17, 15) is 4.79 Å². The van der Waals surface area contributed by atoms with Crippen LogP contribution in [0.2, 0.25) is 0 Å². The Balaban J connectivity index is 0. The minimum Gasteiger partial charge on any atom is -0.480 e. The Kier molecular flexibility index (Phi) is 10.2. The molecule has 1 atom stereocenters. The van der Waals surface area contributed by atoms with Crippen molar-refractivity contribution in [3.63, 3.8) is 0 Å². The summed E-state index contributed by atoms with van der Waals surface area (Å²) in [6.07, 6.45) is 2.64. The number of hydrogen-bond donors (Lipinski definition) is 2. The van der Waals surface area contributed by atoms with E-state index < -0.39 is 12.0 Å². The molecule has 0 aliphatic carbocycles. The summed E-state index contributed by atoms with van der Waals surface area (Å²) in [5, 5.41) is 7.87. The quantitative estimate of drug-likeness (QED) is 0.617. The zero-order chi connectivity index (χ0) is 8.57. The third-order valence-electron chi connectivity index (χ3n) is 0.890. The van der Waals surface area contributed by atoms with Gasteiger partial charge < -0.3 is 10.8 Å². The lowest BCUT2D eigenvalue weighted by Crippen LogP contribution is -2.25. The Morgan fingerprint density at radius 2 is 1.70 bits per heavy atom. The van der Waals surface area contributed by atoms with Crippen LogP contribution in [0.1, 0.15) is 33.6 Å². The monoisotopic (exact) mass is 147 g/mol. The van der Waals surface area contributed by atoms with Crippen LogP contribution in [-0.2, 0) is 4.79 Å². The molecule has 3 N–H and O–H groups in total. The van der Waals surface area contributed by atoms with Crippen LogP contribution in [0.3, 0.4) is 0 Å². The van der Waals surface area contributed by atoms with Gasteiger partial charge >= 0.3 is 5.97 Å². The van der Waals surface area contributed by atoms with Crippen molar-refractivity contribution >= 4 is 5.97 Å². The van der Waals surface area contributed by atoms with E-state index in [1.807, 2.05) is 0 Å². The lowest BCUT2D eigenvalue weighted by Gasteiger charge is -1.90. The molecule has 0 rings (SSSR count). The zero-order valence-corrected chi connectivity index (χ0v) is 6.92. The van der Waals surface area contributed by atoms with Gasteiger partial charge in [-0.05, 0) is 6.92 Å². The summed E-state index contributed by atoms with van der Waals surface area (Å²) >= 11 is 0. The second kappa shape index (κ2) is 8.43. The predicted molar refractivity (Wildman–Crippen MR) is 41.9 cm³/mol. The first-order valence-electron chi connectivity index (χ1n) is 3.54. The lowest BCUT2D eigenvalue weighted by molar-refractivity contribution is -0.138. The van der Waals surface area contributed by atoms with E-state index in [4.69, 9.17) is 10.8 Å². The van der Waals surface area contributed by atoms with Crippen molar-refractivity contribution in [2.45, 2.75) is 39.7 Å². The highest BCUT2D eigenvalue weighted by Gasteiger charge is 1.99. The van der Waals surface area contributed by atoms with Gasteiger partial charge in [0.2, 0.25) is 0 Å². The Hall–Kier alpha value is -0.570. The summed E-state index contributed by atoms with van der Waals surface area (Å²) in [5.74, 6) is -0.963. The van der Waals surface area contributed by atoms with Crippen molar-refractivity contribution in [3.05, 3.63) is 0 Å². The van der Waals surface area contributed by atoms with Gasteiger partial charge in [-0.25, -0.2) is 0 Å². The number of nitrogens with two attached hydrogens (primary N) is 1. The first-order chi connectivity index (χ1) is 4.56. The summed E-state index contributed by atoms with van der Waals surface area (Å²) in [5.41, 5.74) is 4.84. The van der Waals surface area contributed by atoms with Crippen molar-refractivity contribution in [1.82, 2.24) is 0 Å². The Morgan fingerprint density at radius 1 is 1.50 bits per heavy atom. The average molecular weight is 147 g/mol. The molecular weight excluding hydrogens is 130 g/mol. The molecule has 62 valence electrons. The minimum absolute atomic E-state index is 0.731. The third-order valence-corrected chi connectivity index (χ3v) is 0.890. The van der Waals surface area contributed by atoms with Crippen LogP contribution in [0.25, 0.3) is 0 Å². The van der Waals surface area contributed by atoms with Gasteiger partial charge in [0.25, 0.3) is 0 Å². The summed E-state index contributed by atoms with van der Waals surface area (Å²) in [6.45, 7) is 5.78. The van der Waals surface area contributed by atoms with Crippen LogP contribution < -0.4 is 5.73 Å². The summed E-state index contributed by atoms with van der Waals surface area (Å²) in [7, 11) is 0. The van der Waals surface area contributed by atoms with Gasteiger partial charge in [-0.1, -0.05) is 26.7 Å². The number of unbranched alkanes of at least 4 members (excludes halogenated alkanes) is 1. The van der Waals surface area contributed by atoms with Crippen LogP contribution in [0.4, 0.5) is 0 Å². The highest BCUT2D eigenvalue weighted by molar-refractivity contribution is 5.72. The summed E-state index contributed by atoms with van der Waals surface area (Å²) < 4.78 is 0. The molecule has 0 fully saturated rings. The highest BCUT2D eigenvalue weighted by Crippen LogP contribution is 1.76. The van der Waals surface area contributed by atoms with Gasteiger partial charge in [-0.2, -0.15) is 0 Å². The van der Waals surface area contributed by atoms with Crippen molar-refractivity contribution in [2.24, 2.45) is 5.73 Å². The molecule has 0 saturated carbocycles. The number of carboxylic acid groups (broad SMARTS) is 1. The van der Waals surface area contributed by atoms with Crippen molar-refractivity contribution in [3.8, 4) is 0 Å². The lowest BCUT2D eigenvalue weighted by atomic mass is 10.4. The molecule has 0 saturated heterocycles. The number of rotatable bonds is 2. The second-order valence-electron chi connectivity index (χ2n) is 2.13. The van der Waals surface area contributed by atoms with E-state index in [2.05, 4.69) is 13.8 Å². The first kappa shape index (κ1) is 12.1. The maximum atomic E-state index is 9.57. The zero-order valence-electron chi connectivity index (χ0n) is 6.92. The highest BCUT2D eigenvalue weighted by atomic mass is 16.4. The van der Waals surface area contributed by atoms with E-state index in [0.29, 0.717) is 0 Å². The van der Waals surface area contributed by atoms with Crippen molar-refractivity contribution in [1.29, 1.82) is 0 Å². The SMILES string of the molecule is CCCC.C[C@H](N)C(=O)O. The summed E-state index contributed by atoms with van der Waals surface area (Å²) in [6, 6.07) is -0.731. The van der Waals surface area contributed by atoms with Gasteiger partial charge in [-0.15, -0.1) is 0 Å². The fourth-order valence-corrected chi connectivity index (χ4v) is 0. The van der Waals surface area contributed by atoms with Gasteiger partial charge in [0.15, 0.2) is 0 Å². The maximum Gasteiger partial charge on any atom is 0.320 e.